The molecule has 0 aliphatic rings. The van der Waals surface area contributed by atoms with Crippen molar-refractivity contribution in [2.45, 2.75) is 6.42 Å². The third kappa shape index (κ3) is 2.42. The van der Waals surface area contributed by atoms with E-state index >= 15 is 0 Å². The van der Waals surface area contributed by atoms with E-state index in [9.17, 15) is 0 Å². The maximum Gasteiger partial charge on any atom is 0.122 e. The number of aromatic nitrogens is 1. The van der Waals surface area contributed by atoms with Crippen molar-refractivity contribution >= 4 is 12.6 Å². The van der Waals surface area contributed by atoms with Gasteiger partial charge in [-0.25, -0.2) is 0 Å². The summed E-state index contributed by atoms with van der Waals surface area (Å²) in [6.45, 7) is 0. The summed E-state index contributed by atoms with van der Waals surface area (Å²) in [7, 11) is 1.65. The van der Waals surface area contributed by atoms with Gasteiger partial charge in [0.25, 0.3) is 0 Å². The molecule has 1 aromatic heterocycles. The molecular formula is C8H11NOS. The van der Waals surface area contributed by atoms with Gasteiger partial charge in [0.2, 0.25) is 0 Å². The van der Waals surface area contributed by atoms with Gasteiger partial charge in [0, 0.05) is 18.0 Å². The summed E-state index contributed by atoms with van der Waals surface area (Å²) < 4.78 is 5.04. The number of aryl methyl sites for hydroxylation is 1. The molecule has 1 aromatic rings. The predicted molar refractivity (Wildman–Crippen MR) is 48.3 cm³/mol. The van der Waals surface area contributed by atoms with Crippen molar-refractivity contribution in [3.8, 4) is 5.75 Å². The number of thiol groups is 1. The second kappa shape index (κ2) is 4.23. The third-order valence-corrected chi connectivity index (χ3v) is 1.62. The van der Waals surface area contributed by atoms with Crippen LogP contribution in [0.1, 0.15) is 5.69 Å². The van der Waals surface area contributed by atoms with E-state index in [1.54, 1.807) is 13.3 Å². The molecule has 0 aromatic carbocycles. The molecule has 0 saturated heterocycles. The molecule has 3 heteroatoms. The molecule has 0 aliphatic carbocycles. The molecule has 1 rings (SSSR count). The van der Waals surface area contributed by atoms with Gasteiger partial charge in [-0.05, 0) is 18.2 Å². The highest BCUT2D eigenvalue weighted by Gasteiger charge is 1.94. The largest absolute Gasteiger partial charge is 0.497 e. The summed E-state index contributed by atoms with van der Waals surface area (Å²) in [5.41, 5.74) is 1.03. The fraction of sp³-hybridized carbons (Fsp3) is 0.375. The van der Waals surface area contributed by atoms with Gasteiger partial charge < -0.3 is 4.74 Å². The van der Waals surface area contributed by atoms with Crippen LogP contribution in [0.5, 0.6) is 5.75 Å². The molecule has 11 heavy (non-hydrogen) atoms. The van der Waals surface area contributed by atoms with Crippen molar-refractivity contribution in [3.05, 3.63) is 24.0 Å². The van der Waals surface area contributed by atoms with Crippen molar-refractivity contribution in [3.63, 3.8) is 0 Å². The number of ether oxygens (including phenoxy) is 1. The quantitative estimate of drug-likeness (QED) is 0.694. The highest BCUT2D eigenvalue weighted by molar-refractivity contribution is 7.80. The Morgan fingerprint density at radius 3 is 3.09 bits per heavy atom. The summed E-state index contributed by atoms with van der Waals surface area (Å²) in [4.78, 5) is 4.15. The molecule has 0 spiro atoms. The molecule has 0 aliphatic heterocycles. The molecule has 1 heterocycles. The summed E-state index contributed by atoms with van der Waals surface area (Å²) in [6.07, 6.45) is 2.64. The number of hydrogen-bond donors (Lipinski definition) is 1. The lowest BCUT2D eigenvalue weighted by Gasteiger charge is -2.00. The van der Waals surface area contributed by atoms with Crippen molar-refractivity contribution in [2.75, 3.05) is 12.9 Å². The van der Waals surface area contributed by atoms with Crippen LogP contribution >= 0.6 is 12.6 Å². The van der Waals surface area contributed by atoms with Gasteiger partial charge >= 0.3 is 0 Å². The van der Waals surface area contributed by atoms with Gasteiger partial charge in [-0.2, -0.15) is 12.6 Å². The minimum atomic E-state index is 0.820. The minimum absolute atomic E-state index is 0.820. The molecule has 0 N–H and O–H groups in total. The van der Waals surface area contributed by atoms with Crippen molar-refractivity contribution in [1.82, 2.24) is 4.98 Å². The van der Waals surface area contributed by atoms with E-state index in [0.717, 1.165) is 23.6 Å². The van der Waals surface area contributed by atoms with Gasteiger partial charge in [-0.1, -0.05) is 0 Å². The SMILES string of the molecule is COc1ccnc(CCS)c1. The Morgan fingerprint density at radius 2 is 2.45 bits per heavy atom. The minimum Gasteiger partial charge on any atom is -0.497 e. The summed E-state index contributed by atoms with van der Waals surface area (Å²) in [6, 6.07) is 3.76. The molecule has 0 amide bonds. The van der Waals surface area contributed by atoms with Crippen LogP contribution in [0.2, 0.25) is 0 Å². The Kier molecular flexibility index (Phi) is 3.23. The third-order valence-electron chi connectivity index (χ3n) is 1.39. The molecule has 60 valence electrons. The monoisotopic (exact) mass is 169 g/mol. The second-order valence-electron chi connectivity index (χ2n) is 2.16. The predicted octanol–water partition coefficient (Wildman–Crippen LogP) is 1.56. The molecule has 0 radical (unpaired) electrons. The average molecular weight is 169 g/mol. The summed E-state index contributed by atoms with van der Waals surface area (Å²) in [5.74, 6) is 1.68. The van der Waals surface area contributed by atoms with E-state index < -0.39 is 0 Å². The highest BCUT2D eigenvalue weighted by atomic mass is 32.1. The fourth-order valence-electron chi connectivity index (χ4n) is 0.834. The zero-order valence-corrected chi connectivity index (χ0v) is 7.34. The Hall–Kier alpha value is -0.700. The molecule has 0 fully saturated rings. The van der Waals surface area contributed by atoms with Gasteiger partial charge in [0.15, 0.2) is 0 Å². The number of nitrogens with zero attached hydrogens (tertiary/aromatic N) is 1. The van der Waals surface area contributed by atoms with Crippen molar-refractivity contribution in [2.24, 2.45) is 0 Å². The number of methoxy groups -OCH3 is 1. The number of rotatable bonds is 3. The van der Waals surface area contributed by atoms with E-state index in [0.29, 0.717) is 0 Å². The standard InChI is InChI=1S/C8H11NOS/c1-10-8-2-4-9-7(6-8)3-5-11/h2,4,6,11H,3,5H2,1H3. The number of pyridine rings is 1. The first-order valence-corrected chi connectivity index (χ1v) is 4.10. The van der Waals surface area contributed by atoms with E-state index in [4.69, 9.17) is 4.74 Å². The van der Waals surface area contributed by atoms with Gasteiger partial charge in [-0.15, -0.1) is 0 Å². The first-order chi connectivity index (χ1) is 5.36. The summed E-state index contributed by atoms with van der Waals surface area (Å²) in [5, 5.41) is 0. The topological polar surface area (TPSA) is 22.1 Å². The van der Waals surface area contributed by atoms with Crippen LogP contribution in [-0.4, -0.2) is 17.8 Å². The van der Waals surface area contributed by atoms with E-state index in [1.165, 1.54) is 0 Å². The van der Waals surface area contributed by atoms with Crippen LogP contribution in [0.3, 0.4) is 0 Å². The molecule has 0 saturated carbocycles. The van der Waals surface area contributed by atoms with E-state index in [1.807, 2.05) is 12.1 Å². The Bertz CT molecular complexity index is 227. The van der Waals surface area contributed by atoms with E-state index in [2.05, 4.69) is 17.6 Å². The zero-order chi connectivity index (χ0) is 8.10. The van der Waals surface area contributed by atoms with Crippen LogP contribution in [0.15, 0.2) is 18.3 Å². The van der Waals surface area contributed by atoms with Crippen LogP contribution < -0.4 is 4.74 Å². The molecule has 2 nitrogen and oxygen atoms in total. The average Bonchev–Trinajstić information content (AvgIpc) is 2.06. The molecule has 0 bridgehead atoms. The van der Waals surface area contributed by atoms with Crippen LogP contribution in [-0.2, 0) is 6.42 Å². The van der Waals surface area contributed by atoms with Crippen LogP contribution in [0, 0.1) is 0 Å². The highest BCUT2D eigenvalue weighted by Crippen LogP contribution is 2.10. The van der Waals surface area contributed by atoms with Crippen LogP contribution in [0.25, 0.3) is 0 Å². The molecular weight excluding hydrogens is 158 g/mol. The smallest absolute Gasteiger partial charge is 0.122 e. The van der Waals surface area contributed by atoms with Gasteiger partial charge in [-0.3, -0.25) is 4.98 Å². The fourth-order valence-corrected chi connectivity index (χ4v) is 1.06. The van der Waals surface area contributed by atoms with Crippen LogP contribution in [0.4, 0.5) is 0 Å². The summed E-state index contributed by atoms with van der Waals surface area (Å²) >= 11 is 4.11. The molecule has 0 unspecified atom stereocenters. The lowest BCUT2D eigenvalue weighted by atomic mass is 10.3. The maximum atomic E-state index is 5.04. The Labute approximate surface area is 72.0 Å². The Balaban J connectivity index is 2.74. The second-order valence-corrected chi connectivity index (χ2v) is 2.61. The maximum absolute atomic E-state index is 5.04. The number of hydrogen-bond acceptors (Lipinski definition) is 3. The van der Waals surface area contributed by atoms with Gasteiger partial charge in [0.1, 0.15) is 5.75 Å². The van der Waals surface area contributed by atoms with E-state index in [-0.39, 0.29) is 0 Å². The lowest BCUT2D eigenvalue weighted by Crippen LogP contribution is -1.91. The van der Waals surface area contributed by atoms with Crippen molar-refractivity contribution < 1.29 is 4.74 Å². The Morgan fingerprint density at radius 1 is 1.64 bits per heavy atom. The van der Waals surface area contributed by atoms with Gasteiger partial charge in [0.05, 0.1) is 7.11 Å². The first kappa shape index (κ1) is 8.40. The lowest BCUT2D eigenvalue weighted by molar-refractivity contribution is 0.413. The zero-order valence-electron chi connectivity index (χ0n) is 6.45. The van der Waals surface area contributed by atoms with Crippen molar-refractivity contribution in [1.29, 1.82) is 0 Å². The molecule has 0 atom stereocenters. The first-order valence-electron chi connectivity index (χ1n) is 3.46. The normalized spacial score (nSPS) is 9.64.